The van der Waals surface area contributed by atoms with E-state index in [2.05, 4.69) is 5.32 Å². The summed E-state index contributed by atoms with van der Waals surface area (Å²) in [6, 6.07) is 15.9. The second-order valence-corrected chi connectivity index (χ2v) is 6.13. The highest BCUT2D eigenvalue weighted by atomic mass is 32.2. The van der Waals surface area contributed by atoms with Gasteiger partial charge in [-0.05, 0) is 24.6 Å². The van der Waals surface area contributed by atoms with Gasteiger partial charge in [-0.25, -0.2) is 0 Å². The molecule has 2 aromatic carbocycles. The first-order chi connectivity index (χ1) is 10.6. The van der Waals surface area contributed by atoms with Crippen LogP contribution in [0.4, 0.5) is 5.69 Å². The van der Waals surface area contributed by atoms with Crippen molar-refractivity contribution in [1.29, 1.82) is 0 Å². The quantitative estimate of drug-likeness (QED) is 0.504. The fourth-order valence-corrected chi connectivity index (χ4v) is 2.72. The molecule has 0 bridgehead atoms. The lowest BCUT2D eigenvalue weighted by atomic mass is 10.2. The van der Waals surface area contributed by atoms with Crippen LogP contribution in [0.3, 0.4) is 0 Å². The molecule has 1 atom stereocenters. The van der Waals surface area contributed by atoms with E-state index in [0.29, 0.717) is 6.54 Å². The van der Waals surface area contributed by atoms with Crippen molar-refractivity contribution in [3.8, 4) is 0 Å². The SMILES string of the molecule is C[C@H](Sc1ccc([N+](=O)[O-])cc1)C(=O)NCc1ccccc1. The molecule has 0 aliphatic heterocycles. The van der Waals surface area contributed by atoms with Gasteiger partial charge in [0.25, 0.3) is 5.69 Å². The highest BCUT2D eigenvalue weighted by Gasteiger charge is 2.14. The van der Waals surface area contributed by atoms with Crippen LogP contribution in [-0.2, 0) is 11.3 Å². The smallest absolute Gasteiger partial charge is 0.269 e. The number of hydrogen-bond donors (Lipinski definition) is 1. The second kappa shape index (κ2) is 7.61. The Labute approximate surface area is 132 Å². The van der Waals surface area contributed by atoms with E-state index in [1.807, 2.05) is 37.3 Å². The van der Waals surface area contributed by atoms with E-state index >= 15 is 0 Å². The lowest BCUT2D eigenvalue weighted by molar-refractivity contribution is -0.384. The normalized spacial score (nSPS) is 11.7. The molecular formula is C16H16N2O3S. The second-order valence-electron chi connectivity index (χ2n) is 4.71. The van der Waals surface area contributed by atoms with Gasteiger partial charge in [0.15, 0.2) is 0 Å². The minimum Gasteiger partial charge on any atom is -0.351 e. The number of carbonyl (C=O) groups is 1. The van der Waals surface area contributed by atoms with E-state index < -0.39 is 4.92 Å². The first-order valence-electron chi connectivity index (χ1n) is 6.79. The fourth-order valence-electron chi connectivity index (χ4n) is 1.83. The van der Waals surface area contributed by atoms with Gasteiger partial charge in [0.1, 0.15) is 0 Å². The monoisotopic (exact) mass is 316 g/mol. The van der Waals surface area contributed by atoms with Crippen LogP contribution in [0.25, 0.3) is 0 Å². The summed E-state index contributed by atoms with van der Waals surface area (Å²) >= 11 is 1.37. The van der Waals surface area contributed by atoms with Gasteiger partial charge in [-0.2, -0.15) is 0 Å². The minimum atomic E-state index is -0.440. The number of amides is 1. The van der Waals surface area contributed by atoms with Gasteiger partial charge in [0, 0.05) is 23.6 Å². The molecule has 1 amide bonds. The molecule has 0 unspecified atom stereocenters. The van der Waals surface area contributed by atoms with Gasteiger partial charge in [0.2, 0.25) is 5.91 Å². The van der Waals surface area contributed by atoms with Crippen LogP contribution in [0.2, 0.25) is 0 Å². The molecule has 0 radical (unpaired) electrons. The standard InChI is InChI=1S/C16H16N2O3S/c1-12(16(19)17-11-13-5-3-2-4-6-13)22-15-9-7-14(8-10-15)18(20)21/h2-10,12H,11H2,1H3,(H,17,19)/t12-/m0/s1. The summed E-state index contributed by atoms with van der Waals surface area (Å²) < 4.78 is 0. The van der Waals surface area contributed by atoms with Crippen molar-refractivity contribution >= 4 is 23.4 Å². The summed E-state index contributed by atoms with van der Waals surface area (Å²) in [5.74, 6) is -0.0628. The van der Waals surface area contributed by atoms with Crippen LogP contribution >= 0.6 is 11.8 Å². The average molecular weight is 316 g/mol. The summed E-state index contributed by atoms with van der Waals surface area (Å²) in [4.78, 5) is 23.0. The summed E-state index contributed by atoms with van der Waals surface area (Å²) in [6.45, 7) is 2.30. The Bertz CT molecular complexity index is 644. The van der Waals surface area contributed by atoms with Gasteiger partial charge in [-0.15, -0.1) is 11.8 Å². The van der Waals surface area contributed by atoms with Crippen LogP contribution < -0.4 is 5.32 Å². The molecule has 22 heavy (non-hydrogen) atoms. The lowest BCUT2D eigenvalue weighted by Crippen LogP contribution is -2.30. The van der Waals surface area contributed by atoms with E-state index in [1.165, 1.54) is 23.9 Å². The zero-order valence-electron chi connectivity index (χ0n) is 12.1. The summed E-state index contributed by atoms with van der Waals surface area (Å²) in [5.41, 5.74) is 1.09. The molecule has 0 saturated heterocycles. The van der Waals surface area contributed by atoms with Crippen molar-refractivity contribution in [3.05, 3.63) is 70.3 Å². The van der Waals surface area contributed by atoms with Gasteiger partial charge < -0.3 is 5.32 Å². The highest BCUT2D eigenvalue weighted by molar-refractivity contribution is 8.00. The van der Waals surface area contributed by atoms with Crippen molar-refractivity contribution in [2.24, 2.45) is 0 Å². The third kappa shape index (κ3) is 4.60. The van der Waals surface area contributed by atoms with E-state index in [9.17, 15) is 14.9 Å². The molecule has 0 aliphatic rings. The zero-order chi connectivity index (χ0) is 15.9. The van der Waals surface area contributed by atoms with Crippen molar-refractivity contribution in [2.75, 3.05) is 0 Å². The number of carbonyl (C=O) groups excluding carboxylic acids is 1. The number of rotatable bonds is 6. The predicted molar refractivity (Wildman–Crippen MR) is 86.7 cm³/mol. The molecule has 5 nitrogen and oxygen atoms in total. The first-order valence-corrected chi connectivity index (χ1v) is 7.67. The molecule has 0 spiro atoms. The predicted octanol–water partition coefficient (Wildman–Crippen LogP) is 3.39. The average Bonchev–Trinajstić information content (AvgIpc) is 2.54. The topological polar surface area (TPSA) is 72.2 Å². The van der Waals surface area contributed by atoms with E-state index in [0.717, 1.165) is 10.5 Å². The highest BCUT2D eigenvalue weighted by Crippen LogP contribution is 2.25. The molecule has 0 aromatic heterocycles. The van der Waals surface area contributed by atoms with Gasteiger partial charge >= 0.3 is 0 Å². The fraction of sp³-hybridized carbons (Fsp3) is 0.188. The lowest BCUT2D eigenvalue weighted by Gasteiger charge is -2.12. The number of hydrogen-bond acceptors (Lipinski definition) is 4. The Morgan fingerprint density at radius 2 is 1.82 bits per heavy atom. The molecule has 2 aromatic rings. The zero-order valence-corrected chi connectivity index (χ0v) is 12.9. The molecule has 114 valence electrons. The number of nitro benzene ring substituents is 1. The Hall–Kier alpha value is -2.34. The number of nitrogens with one attached hydrogen (secondary N) is 1. The molecule has 0 aliphatic carbocycles. The summed E-state index contributed by atoms with van der Waals surface area (Å²) in [7, 11) is 0. The Morgan fingerprint density at radius 3 is 2.41 bits per heavy atom. The Kier molecular flexibility index (Phi) is 5.55. The third-order valence-corrected chi connectivity index (χ3v) is 4.15. The number of benzene rings is 2. The molecule has 6 heteroatoms. The van der Waals surface area contributed by atoms with Crippen molar-refractivity contribution in [3.63, 3.8) is 0 Å². The van der Waals surface area contributed by atoms with E-state index in [4.69, 9.17) is 0 Å². The molecule has 0 fully saturated rings. The number of nitro groups is 1. The largest absolute Gasteiger partial charge is 0.351 e. The molecule has 0 heterocycles. The minimum absolute atomic E-state index is 0.0468. The molecular weight excluding hydrogens is 300 g/mol. The van der Waals surface area contributed by atoms with Gasteiger partial charge in [-0.1, -0.05) is 30.3 Å². The Balaban J connectivity index is 1.86. The number of non-ortho nitro benzene ring substituents is 1. The molecule has 1 N–H and O–H groups in total. The van der Waals surface area contributed by atoms with Crippen LogP contribution in [-0.4, -0.2) is 16.1 Å². The number of thioether (sulfide) groups is 1. The molecule has 2 rings (SSSR count). The third-order valence-electron chi connectivity index (χ3n) is 3.04. The first kappa shape index (κ1) is 16.0. The summed E-state index contributed by atoms with van der Waals surface area (Å²) in [6.07, 6.45) is 0. The molecule has 0 saturated carbocycles. The number of nitrogens with zero attached hydrogens (tertiary/aromatic N) is 1. The van der Waals surface area contributed by atoms with E-state index in [1.54, 1.807) is 12.1 Å². The van der Waals surface area contributed by atoms with Crippen LogP contribution in [0, 0.1) is 10.1 Å². The van der Waals surface area contributed by atoms with Crippen LogP contribution in [0.15, 0.2) is 59.5 Å². The van der Waals surface area contributed by atoms with Gasteiger partial charge in [0.05, 0.1) is 10.2 Å². The van der Waals surface area contributed by atoms with Gasteiger partial charge in [-0.3, -0.25) is 14.9 Å². The summed E-state index contributed by atoms with van der Waals surface area (Å²) in [5, 5.41) is 13.2. The van der Waals surface area contributed by atoms with Crippen molar-refractivity contribution < 1.29 is 9.72 Å². The maximum absolute atomic E-state index is 12.1. The maximum atomic E-state index is 12.1. The maximum Gasteiger partial charge on any atom is 0.269 e. The van der Waals surface area contributed by atoms with Crippen molar-refractivity contribution in [1.82, 2.24) is 5.32 Å². The van der Waals surface area contributed by atoms with Crippen LogP contribution in [0.5, 0.6) is 0 Å². The van der Waals surface area contributed by atoms with E-state index in [-0.39, 0.29) is 16.8 Å². The van der Waals surface area contributed by atoms with Crippen molar-refractivity contribution in [2.45, 2.75) is 23.6 Å². The Morgan fingerprint density at radius 1 is 1.18 bits per heavy atom. The van der Waals surface area contributed by atoms with Crippen LogP contribution in [0.1, 0.15) is 12.5 Å².